The average Bonchev–Trinajstić information content (AvgIpc) is 3.35. The second-order valence-electron chi connectivity index (χ2n) is 9.79. The van der Waals surface area contributed by atoms with Crippen molar-refractivity contribution in [3.05, 3.63) is 151 Å². The molecule has 40 heavy (non-hydrogen) atoms. The van der Waals surface area contributed by atoms with E-state index >= 15 is 0 Å². The van der Waals surface area contributed by atoms with Gasteiger partial charge >= 0.3 is 0 Å². The first-order valence-electron chi connectivity index (χ1n) is 13.4. The highest BCUT2D eigenvalue weighted by Crippen LogP contribution is 2.37. The molecule has 0 atom stereocenters. The van der Waals surface area contributed by atoms with Gasteiger partial charge in [0, 0.05) is 32.7 Å². The van der Waals surface area contributed by atoms with Gasteiger partial charge in [-0.05, 0) is 79.2 Å². The van der Waals surface area contributed by atoms with Gasteiger partial charge in [0.05, 0.1) is 22.9 Å². The molecule has 7 rings (SSSR count). The molecule has 0 bridgehead atoms. The predicted octanol–water partition coefficient (Wildman–Crippen LogP) is 10.1. The Morgan fingerprint density at radius 1 is 0.575 bits per heavy atom. The maximum atomic E-state index is 4.92. The number of benzene rings is 5. The summed E-state index contributed by atoms with van der Waals surface area (Å²) in [5.74, 6) is 0. The molecule has 5 aromatic carbocycles. The number of aryl methyl sites for hydroxylation is 1. The number of fused-ring (bicyclic) bond motifs is 3. The summed E-state index contributed by atoms with van der Waals surface area (Å²) in [5, 5.41) is 3.56. The molecule has 0 N–H and O–H groups in total. The van der Waals surface area contributed by atoms with Crippen LogP contribution in [0, 0.1) is 6.92 Å². The highest BCUT2D eigenvalue weighted by molar-refractivity contribution is 7.99. The average molecular weight is 534 g/mol. The fraction of sp³-hybridized carbons (Fsp3) is 0.0278. The SMILES string of the molecule is Cc1cc(N(c2ccccc2)c2ccccc2)cnc1Sc1ccc(-n2c3ccccc3c3ccccc32)cc1. The largest absolute Gasteiger partial charge is 0.309 e. The number of hydrogen-bond donors (Lipinski definition) is 0. The standard InChI is InChI=1S/C36H27N3S/c1-26-24-30(38(27-12-4-2-5-13-27)28-14-6-3-7-15-28)25-37-36(26)40-31-22-20-29(21-23-31)39-34-18-10-8-16-32(34)33-17-9-11-19-35(33)39/h2-25H,1H3. The monoisotopic (exact) mass is 533 g/mol. The van der Waals surface area contributed by atoms with Gasteiger partial charge < -0.3 is 9.47 Å². The van der Waals surface area contributed by atoms with Crippen LogP contribution in [0.25, 0.3) is 27.5 Å². The minimum atomic E-state index is 1.01. The van der Waals surface area contributed by atoms with E-state index in [9.17, 15) is 0 Å². The normalized spacial score (nSPS) is 11.2. The quantitative estimate of drug-likeness (QED) is 0.212. The summed E-state index contributed by atoms with van der Waals surface area (Å²) in [7, 11) is 0. The fourth-order valence-corrected chi connectivity index (χ4v) is 6.17. The molecule has 0 fully saturated rings. The Morgan fingerprint density at radius 3 is 1.65 bits per heavy atom. The van der Waals surface area contributed by atoms with E-state index in [1.165, 1.54) is 21.8 Å². The molecule has 192 valence electrons. The zero-order chi connectivity index (χ0) is 26.9. The summed E-state index contributed by atoms with van der Waals surface area (Å²) in [5.41, 5.74) is 8.00. The predicted molar refractivity (Wildman–Crippen MR) is 169 cm³/mol. The van der Waals surface area contributed by atoms with Crippen LogP contribution in [0.2, 0.25) is 0 Å². The Balaban J connectivity index is 1.19. The molecule has 7 aromatic rings. The summed E-state index contributed by atoms with van der Waals surface area (Å²) in [6.45, 7) is 2.14. The van der Waals surface area contributed by atoms with Crippen LogP contribution in [-0.2, 0) is 0 Å². The molecule has 0 aliphatic carbocycles. The van der Waals surface area contributed by atoms with Gasteiger partial charge in [0.1, 0.15) is 5.03 Å². The van der Waals surface area contributed by atoms with Gasteiger partial charge in [-0.2, -0.15) is 0 Å². The number of hydrogen-bond acceptors (Lipinski definition) is 3. The lowest BCUT2D eigenvalue weighted by Crippen LogP contribution is -2.10. The van der Waals surface area contributed by atoms with Gasteiger partial charge in [-0.25, -0.2) is 4.98 Å². The van der Waals surface area contributed by atoms with Gasteiger partial charge in [-0.3, -0.25) is 0 Å². The topological polar surface area (TPSA) is 21.1 Å². The minimum Gasteiger partial charge on any atom is -0.309 e. The first-order chi connectivity index (χ1) is 19.8. The minimum absolute atomic E-state index is 1.01. The third-order valence-electron chi connectivity index (χ3n) is 7.19. The lowest BCUT2D eigenvalue weighted by molar-refractivity contribution is 1.06. The van der Waals surface area contributed by atoms with Gasteiger partial charge in [0.2, 0.25) is 0 Å². The number of pyridine rings is 1. The summed E-state index contributed by atoms with van der Waals surface area (Å²) in [6, 6.07) is 49.1. The zero-order valence-corrected chi connectivity index (χ0v) is 22.9. The van der Waals surface area contributed by atoms with E-state index in [1.54, 1.807) is 11.8 Å². The summed E-state index contributed by atoms with van der Waals surface area (Å²) in [4.78, 5) is 8.32. The Hall–Kier alpha value is -4.80. The number of aromatic nitrogens is 2. The Kier molecular flexibility index (Phi) is 6.31. The molecule has 3 nitrogen and oxygen atoms in total. The van der Waals surface area contributed by atoms with Crippen LogP contribution < -0.4 is 4.90 Å². The van der Waals surface area contributed by atoms with E-state index in [4.69, 9.17) is 4.98 Å². The fourth-order valence-electron chi connectivity index (χ4n) is 5.35. The van der Waals surface area contributed by atoms with E-state index in [1.807, 2.05) is 18.3 Å². The van der Waals surface area contributed by atoms with Crippen LogP contribution in [0.5, 0.6) is 0 Å². The molecule has 0 saturated heterocycles. The second-order valence-corrected chi connectivity index (χ2v) is 10.8. The molecule has 0 radical (unpaired) electrons. The molecule has 0 aliphatic heterocycles. The lowest BCUT2D eigenvalue weighted by Gasteiger charge is -2.25. The van der Waals surface area contributed by atoms with E-state index < -0.39 is 0 Å². The Labute approximate surface area is 238 Å². The van der Waals surface area contributed by atoms with Crippen molar-refractivity contribution in [3.8, 4) is 5.69 Å². The number of para-hydroxylation sites is 4. The van der Waals surface area contributed by atoms with Crippen LogP contribution in [0.4, 0.5) is 17.1 Å². The second kappa shape index (κ2) is 10.4. The van der Waals surface area contributed by atoms with Gasteiger partial charge in [0.25, 0.3) is 0 Å². The van der Waals surface area contributed by atoms with Crippen LogP contribution in [0.3, 0.4) is 0 Å². The Morgan fingerprint density at radius 2 is 1.10 bits per heavy atom. The summed E-state index contributed by atoms with van der Waals surface area (Å²) in [6.07, 6.45) is 1.97. The molecule has 0 amide bonds. The van der Waals surface area contributed by atoms with E-state index in [0.29, 0.717) is 0 Å². The van der Waals surface area contributed by atoms with Crippen molar-refractivity contribution >= 4 is 50.6 Å². The molecular weight excluding hydrogens is 506 g/mol. The van der Waals surface area contributed by atoms with Crippen LogP contribution in [-0.4, -0.2) is 9.55 Å². The molecule has 4 heteroatoms. The smallest absolute Gasteiger partial charge is 0.104 e. The molecule has 2 aromatic heterocycles. The van der Waals surface area contributed by atoms with Gasteiger partial charge in [0.15, 0.2) is 0 Å². The third kappa shape index (κ3) is 4.42. The van der Waals surface area contributed by atoms with Crippen molar-refractivity contribution in [1.29, 1.82) is 0 Å². The highest BCUT2D eigenvalue weighted by Gasteiger charge is 2.15. The van der Waals surface area contributed by atoms with Crippen molar-refractivity contribution in [2.45, 2.75) is 16.8 Å². The third-order valence-corrected chi connectivity index (χ3v) is 8.32. The molecule has 0 aliphatic rings. The van der Waals surface area contributed by atoms with Crippen molar-refractivity contribution in [2.75, 3.05) is 4.90 Å². The van der Waals surface area contributed by atoms with Crippen LogP contribution >= 0.6 is 11.8 Å². The molecule has 0 spiro atoms. The van der Waals surface area contributed by atoms with Crippen molar-refractivity contribution in [3.63, 3.8) is 0 Å². The highest BCUT2D eigenvalue weighted by atomic mass is 32.2. The maximum absolute atomic E-state index is 4.92. The molecule has 2 heterocycles. The van der Waals surface area contributed by atoms with Crippen LogP contribution in [0.15, 0.2) is 156 Å². The molecular formula is C36H27N3S. The van der Waals surface area contributed by atoms with Gasteiger partial charge in [-0.15, -0.1) is 0 Å². The summed E-state index contributed by atoms with van der Waals surface area (Å²) >= 11 is 1.70. The lowest BCUT2D eigenvalue weighted by atomic mass is 10.2. The number of nitrogens with zero attached hydrogens (tertiary/aromatic N) is 3. The van der Waals surface area contributed by atoms with Crippen molar-refractivity contribution < 1.29 is 0 Å². The van der Waals surface area contributed by atoms with Gasteiger partial charge in [-0.1, -0.05) is 84.6 Å². The number of anilines is 3. The van der Waals surface area contributed by atoms with Crippen LogP contribution in [0.1, 0.15) is 5.56 Å². The first-order valence-corrected chi connectivity index (χ1v) is 14.2. The van der Waals surface area contributed by atoms with Crippen molar-refractivity contribution in [1.82, 2.24) is 9.55 Å². The zero-order valence-electron chi connectivity index (χ0n) is 22.1. The van der Waals surface area contributed by atoms with E-state index in [0.717, 1.165) is 38.2 Å². The van der Waals surface area contributed by atoms with Crippen molar-refractivity contribution in [2.24, 2.45) is 0 Å². The summed E-state index contributed by atoms with van der Waals surface area (Å²) < 4.78 is 2.35. The number of rotatable bonds is 6. The maximum Gasteiger partial charge on any atom is 0.104 e. The van der Waals surface area contributed by atoms with E-state index in [2.05, 4.69) is 144 Å². The van der Waals surface area contributed by atoms with E-state index in [-0.39, 0.29) is 0 Å². The molecule has 0 unspecified atom stereocenters. The Bertz CT molecular complexity index is 1830. The molecule has 0 saturated carbocycles. The first kappa shape index (κ1) is 24.3.